The van der Waals surface area contributed by atoms with E-state index in [1.165, 1.54) is 38.0 Å². The molecule has 6 atom stereocenters. The highest BCUT2D eigenvalue weighted by Crippen LogP contribution is 1.99. The number of aromatic amines is 6. The van der Waals surface area contributed by atoms with Gasteiger partial charge in [-0.3, -0.25) is 33.6 Å². The fraction of sp³-hybridized carbons (Fsp3) is 0.342. The minimum atomic E-state index is -1.01. The highest BCUT2D eigenvalue weighted by atomic mass is 16.4. The zero-order valence-corrected chi connectivity index (χ0v) is 37.6. The van der Waals surface area contributed by atoms with E-state index in [0.717, 1.165) is 0 Å². The maximum absolute atomic E-state index is 10.3. The molecule has 0 unspecified atom stereocenters. The summed E-state index contributed by atoms with van der Waals surface area (Å²) in [5, 5.41) is 58.1. The number of nitrogens with two attached hydrogens (primary N) is 7. The Morgan fingerprint density at radius 3 is 0.535 bits per heavy atom. The Hall–Kier alpha value is -8.73. The van der Waals surface area contributed by atoms with Gasteiger partial charge in [0, 0.05) is 75.7 Å². The van der Waals surface area contributed by atoms with E-state index in [9.17, 15) is 33.6 Å². The van der Waals surface area contributed by atoms with Crippen LogP contribution >= 0.6 is 0 Å². The number of carboxylic acids is 7. The lowest BCUT2D eigenvalue weighted by Crippen LogP contribution is -2.32. The first kappa shape index (κ1) is 62.3. The second kappa shape index (κ2) is 35.4. The predicted octanol–water partition coefficient (Wildman–Crippen LogP) is -4.79. The van der Waals surface area contributed by atoms with E-state index in [4.69, 9.17) is 70.1 Å². The monoisotopic (exact) mass is 1010 g/mol. The van der Waals surface area contributed by atoms with Crippen LogP contribution in [0.2, 0.25) is 0 Å². The van der Waals surface area contributed by atoms with Crippen LogP contribution in [0.5, 0.6) is 0 Å². The smallest absolute Gasteiger partial charge is 0.320 e. The Kier molecular flexibility index (Phi) is 31.1. The largest absolute Gasteiger partial charge is 0.480 e. The number of aliphatic carboxylic acids is 7. The Labute approximate surface area is 401 Å². The summed E-state index contributed by atoms with van der Waals surface area (Å²) >= 11 is 0. The van der Waals surface area contributed by atoms with E-state index >= 15 is 0 Å². The summed E-state index contributed by atoms with van der Waals surface area (Å²) in [5.41, 5.74) is 40.1. The van der Waals surface area contributed by atoms with Crippen molar-refractivity contribution in [1.29, 1.82) is 0 Å². The standard InChI is InChI=1S/6C6H9N3O2.C2H5NO2/c6*7-5(6(10)11)1-4-2-8-3-9-4;3-1-2(4)5/h6*2-3,5H,1,7H2,(H,8,9)(H,10,11);1,3H2,(H,4,5)/t6*5-;/m000000./s1. The van der Waals surface area contributed by atoms with Crippen LogP contribution in [-0.4, -0.2) is 180 Å². The van der Waals surface area contributed by atoms with Crippen molar-refractivity contribution >= 4 is 41.8 Å². The molecule has 71 heavy (non-hydrogen) atoms. The van der Waals surface area contributed by atoms with Crippen LogP contribution in [0.3, 0.4) is 0 Å². The summed E-state index contributed by atoms with van der Waals surface area (Å²) in [5.74, 6) is -7.01. The van der Waals surface area contributed by atoms with Gasteiger partial charge in [-0.2, -0.15) is 0 Å². The number of H-pyrrole nitrogens is 6. The van der Waals surface area contributed by atoms with Crippen molar-refractivity contribution in [3.63, 3.8) is 0 Å². The van der Waals surface area contributed by atoms with E-state index < -0.39 is 78.0 Å². The van der Waals surface area contributed by atoms with E-state index in [-0.39, 0.29) is 45.1 Å². The summed E-state index contributed by atoms with van der Waals surface area (Å²) in [6.45, 7) is -0.278. The Bertz CT molecular complexity index is 1920. The van der Waals surface area contributed by atoms with Crippen molar-refractivity contribution in [3.05, 3.63) is 109 Å². The van der Waals surface area contributed by atoms with Gasteiger partial charge in [0.05, 0.1) is 78.7 Å². The summed E-state index contributed by atoms with van der Waals surface area (Å²) in [6.07, 6.45) is 20.3. The molecule has 0 aliphatic carbocycles. The van der Waals surface area contributed by atoms with Crippen molar-refractivity contribution in [2.24, 2.45) is 40.1 Å². The number of nitrogens with zero attached hydrogens (tertiary/aromatic N) is 6. The summed E-state index contributed by atoms with van der Waals surface area (Å²) in [7, 11) is 0. The molecule has 0 saturated heterocycles. The Morgan fingerprint density at radius 1 is 0.338 bits per heavy atom. The second-order valence-corrected chi connectivity index (χ2v) is 13.9. The Morgan fingerprint density at radius 2 is 0.465 bits per heavy atom. The van der Waals surface area contributed by atoms with E-state index in [2.05, 4.69) is 65.5 Å². The van der Waals surface area contributed by atoms with Crippen molar-refractivity contribution in [1.82, 2.24) is 59.8 Å². The molecular formula is C38H59N19O14. The molecular weight excluding hydrogens is 947 g/mol. The predicted molar refractivity (Wildman–Crippen MR) is 244 cm³/mol. The quantitative estimate of drug-likeness (QED) is 0.0362. The van der Waals surface area contributed by atoms with E-state index in [0.29, 0.717) is 34.2 Å². The lowest BCUT2D eigenvalue weighted by atomic mass is 10.2. The molecule has 6 rings (SSSR count). The first-order chi connectivity index (χ1) is 33.5. The van der Waals surface area contributed by atoms with Gasteiger partial charge in [-0.1, -0.05) is 0 Å². The van der Waals surface area contributed by atoms with Crippen LogP contribution in [-0.2, 0) is 72.1 Å². The molecule has 0 aromatic carbocycles. The molecule has 6 aromatic rings. The van der Waals surface area contributed by atoms with Crippen LogP contribution in [0.25, 0.3) is 0 Å². The van der Waals surface area contributed by atoms with E-state index in [1.807, 2.05) is 0 Å². The number of imidazole rings is 6. The van der Waals surface area contributed by atoms with Crippen molar-refractivity contribution in [2.45, 2.75) is 74.8 Å². The van der Waals surface area contributed by atoms with Crippen LogP contribution in [0, 0.1) is 0 Å². The van der Waals surface area contributed by atoms with Crippen LogP contribution in [0.15, 0.2) is 75.1 Å². The van der Waals surface area contributed by atoms with Crippen molar-refractivity contribution < 1.29 is 69.3 Å². The second-order valence-electron chi connectivity index (χ2n) is 13.9. The van der Waals surface area contributed by atoms with Gasteiger partial charge < -0.3 is 106 Å². The number of hydrogen-bond acceptors (Lipinski definition) is 20. The number of aromatic nitrogens is 12. The molecule has 0 spiro atoms. The third kappa shape index (κ3) is 31.0. The molecule has 0 fully saturated rings. The van der Waals surface area contributed by atoms with Crippen molar-refractivity contribution in [3.8, 4) is 0 Å². The maximum Gasteiger partial charge on any atom is 0.320 e. The molecule has 0 aliphatic heterocycles. The highest BCUT2D eigenvalue weighted by Gasteiger charge is 2.16. The molecule has 0 radical (unpaired) electrons. The van der Waals surface area contributed by atoms with Crippen LogP contribution < -0.4 is 40.1 Å². The zero-order valence-electron chi connectivity index (χ0n) is 37.6. The van der Waals surface area contributed by atoms with Gasteiger partial charge in [-0.25, -0.2) is 29.9 Å². The summed E-state index contributed by atoms with van der Waals surface area (Å²) in [4.78, 5) is 110. The maximum atomic E-state index is 10.3. The first-order valence-electron chi connectivity index (χ1n) is 20.1. The number of nitrogens with one attached hydrogen (secondary N) is 6. The topological polar surface area (TPSA) is 615 Å². The van der Waals surface area contributed by atoms with E-state index in [1.54, 1.807) is 37.2 Å². The van der Waals surface area contributed by atoms with Gasteiger partial charge in [0.15, 0.2) is 0 Å². The average Bonchev–Trinajstić information content (AvgIpc) is 4.17. The Balaban J connectivity index is 0.000000812. The molecule has 390 valence electrons. The van der Waals surface area contributed by atoms with Gasteiger partial charge in [-0.15, -0.1) is 0 Å². The number of carboxylic acid groups (broad SMARTS) is 7. The third-order valence-corrected chi connectivity index (χ3v) is 7.98. The molecule has 33 heteroatoms. The lowest BCUT2D eigenvalue weighted by Gasteiger charge is -2.01. The molecule has 27 N–H and O–H groups in total. The fourth-order valence-electron chi connectivity index (χ4n) is 4.29. The van der Waals surface area contributed by atoms with Crippen molar-refractivity contribution in [2.75, 3.05) is 6.54 Å². The van der Waals surface area contributed by atoms with Gasteiger partial charge >= 0.3 is 41.8 Å². The third-order valence-electron chi connectivity index (χ3n) is 7.98. The van der Waals surface area contributed by atoms with Crippen LogP contribution in [0.4, 0.5) is 0 Å². The molecule has 33 nitrogen and oxygen atoms in total. The molecule has 0 saturated carbocycles. The normalized spacial score (nSPS) is 12.4. The fourth-order valence-corrected chi connectivity index (χ4v) is 4.29. The minimum absolute atomic E-state index is 0.263. The SMILES string of the molecule is NCC(=O)O.N[C@@H](Cc1c[nH]cn1)C(=O)O.N[C@@H](Cc1c[nH]cn1)C(=O)O.N[C@@H](Cc1c[nH]cn1)C(=O)O.N[C@@H](Cc1c[nH]cn1)C(=O)O.N[C@@H](Cc1c[nH]cn1)C(=O)O.N[C@@H](Cc1c[nH]cn1)C(=O)O. The van der Waals surface area contributed by atoms with Gasteiger partial charge in [0.25, 0.3) is 0 Å². The summed E-state index contributed by atoms with van der Waals surface area (Å²) < 4.78 is 0. The van der Waals surface area contributed by atoms with Gasteiger partial charge in [0.2, 0.25) is 0 Å². The molecule has 0 bridgehead atoms. The lowest BCUT2D eigenvalue weighted by molar-refractivity contribution is -0.139. The minimum Gasteiger partial charge on any atom is -0.480 e. The summed E-state index contributed by atoms with van der Waals surface area (Å²) in [6, 6.07) is -5.18. The zero-order chi connectivity index (χ0) is 53.9. The number of hydrogen-bond donors (Lipinski definition) is 20. The first-order valence-corrected chi connectivity index (χ1v) is 20.1. The van der Waals surface area contributed by atoms with Gasteiger partial charge in [0.1, 0.15) is 36.3 Å². The average molecular weight is 1010 g/mol. The van der Waals surface area contributed by atoms with Gasteiger partial charge in [-0.05, 0) is 0 Å². The van der Waals surface area contributed by atoms with Crippen LogP contribution in [0.1, 0.15) is 34.2 Å². The molecule has 6 aromatic heterocycles. The number of carbonyl (C=O) groups is 7. The molecule has 0 amide bonds. The highest BCUT2D eigenvalue weighted by molar-refractivity contribution is 5.75. The molecule has 0 aliphatic rings. The molecule has 6 heterocycles. The number of rotatable bonds is 19.